The zero-order valence-corrected chi connectivity index (χ0v) is 11.9. The molecule has 1 aliphatic carbocycles. The molecule has 0 bridgehead atoms. The number of benzene rings is 1. The summed E-state index contributed by atoms with van der Waals surface area (Å²) in [6, 6.07) is 9.93. The number of amides is 1. The molecule has 1 fully saturated rings. The SMILES string of the molecule is O=C(NCCOCC1CC1)C(S)Cc1ccccc1. The van der Waals surface area contributed by atoms with Crippen LogP contribution in [0.2, 0.25) is 0 Å². The van der Waals surface area contributed by atoms with Crippen LogP contribution in [-0.2, 0) is 16.0 Å². The highest BCUT2D eigenvalue weighted by Gasteiger charge is 2.21. The van der Waals surface area contributed by atoms with Gasteiger partial charge < -0.3 is 10.1 Å². The third-order valence-corrected chi connectivity index (χ3v) is 3.59. The first kappa shape index (κ1) is 14.4. The van der Waals surface area contributed by atoms with Gasteiger partial charge in [0.15, 0.2) is 0 Å². The molecule has 2 rings (SSSR count). The van der Waals surface area contributed by atoms with Crippen molar-refractivity contribution in [1.29, 1.82) is 0 Å². The fraction of sp³-hybridized carbons (Fsp3) is 0.533. The molecule has 1 atom stereocenters. The highest BCUT2D eigenvalue weighted by atomic mass is 32.1. The molecule has 0 spiro atoms. The first-order valence-corrected chi connectivity index (χ1v) is 7.35. The van der Waals surface area contributed by atoms with Crippen molar-refractivity contribution in [3.05, 3.63) is 35.9 Å². The third kappa shape index (κ3) is 5.66. The summed E-state index contributed by atoms with van der Waals surface area (Å²) < 4.78 is 5.47. The maximum absolute atomic E-state index is 11.8. The topological polar surface area (TPSA) is 38.3 Å². The summed E-state index contributed by atoms with van der Waals surface area (Å²) >= 11 is 4.35. The molecule has 0 aliphatic heterocycles. The van der Waals surface area contributed by atoms with Crippen molar-refractivity contribution in [2.45, 2.75) is 24.5 Å². The Kier molecular flexibility index (Phi) is 5.73. The lowest BCUT2D eigenvalue weighted by Crippen LogP contribution is -2.35. The Morgan fingerprint density at radius 3 is 2.79 bits per heavy atom. The van der Waals surface area contributed by atoms with Crippen molar-refractivity contribution in [2.24, 2.45) is 5.92 Å². The van der Waals surface area contributed by atoms with E-state index in [-0.39, 0.29) is 11.2 Å². The highest BCUT2D eigenvalue weighted by Crippen LogP contribution is 2.28. The quantitative estimate of drug-likeness (QED) is 0.565. The number of thiol groups is 1. The monoisotopic (exact) mass is 279 g/mol. The van der Waals surface area contributed by atoms with Crippen LogP contribution in [-0.4, -0.2) is 30.9 Å². The molecule has 4 heteroatoms. The van der Waals surface area contributed by atoms with Gasteiger partial charge in [0.05, 0.1) is 11.9 Å². The Hall–Kier alpha value is -1.00. The van der Waals surface area contributed by atoms with Crippen LogP contribution in [0.25, 0.3) is 0 Å². The van der Waals surface area contributed by atoms with Crippen LogP contribution >= 0.6 is 12.6 Å². The van der Waals surface area contributed by atoms with E-state index in [1.54, 1.807) is 0 Å². The van der Waals surface area contributed by atoms with Crippen molar-refractivity contribution in [3.63, 3.8) is 0 Å². The fourth-order valence-electron chi connectivity index (χ4n) is 1.83. The van der Waals surface area contributed by atoms with E-state index >= 15 is 0 Å². The van der Waals surface area contributed by atoms with E-state index < -0.39 is 0 Å². The Morgan fingerprint density at radius 1 is 1.37 bits per heavy atom. The molecule has 3 nitrogen and oxygen atoms in total. The van der Waals surface area contributed by atoms with Gasteiger partial charge in [-0.2, -0.15) is 12.6 Å². The molecular formula is C15H21NO2S. The summed E-state index contributed by atoms with van der Waals surface area (Å²) in [7, 11) is 0. The summed E-state index contributed by atoms with van der Waals surface area (Å²) in [5.74, 6) is 0.744. The zero-order valence-electron chi connectivity index (χ0n) is 11.0. The van der Waals surface area contributed by atoms with Crippen LogP contribution in [0.15, 0.2) is 30.3 Å². The molecule has 0 heterocycles. The summed E-state index contributed by atoms with van der Waals surface area (Å²) in [6.45, 7) is 2.00. The van der Waals surface area contributed by atoms with Crippen molar-refractivity contribution >= 4 is 18.5 Å². The Morgan fingerprint density at radius 2 is 2.11 bits per heavy atom. The third-order valence-electron chi connectivity index (χ3n) is 3.17. The van der Waals surface area contributed by atoms with Gasteiger partial charge in [0.25, 0.3) is 0 Å². The molecule has 1 aliphatic rings. The lowest BCUT2D eigenvalue weighted by molar-refractivity contribution is -0.120. The number of carbonyl (C=O) groups is 1. The minimum Gasteiger partial charge on any atom is -0.379 e. The average Bonchev–Trinajstić information content (AvgIpc) is 3.23. The van der Waals surface area contributed by atoms with Crippen molar-refractivity contribution in [3.8, 4) is 0 Å². The van der Waals surface area contributed by atoms with E-state index in [9.17, 15) is 4.79 Å². The molecule has 1 aromatic carbocycles. The number of ether oxygens (including phenoxy) is 1. The molecule has 1 amide bonds. The normalized spacial score (nSPS) is 16.1. The van der Waals surface area contributed by atoms with Gasteiger partial charge in [0, 0.05) is 13.2 Å². The summed E-state index contributed by atoms with van der Waals surface area (Å²) in [4.78, 5) is 11.8. The van der Waals surface area contributed by atoms with E-state index in [1.807, 2.05) is 30.3 Å². The molecule has 1 saturated carbocycles. The van der Waals surface area contributed by atoms with Crippen LogP contribution in [0.4, 0.5) is 0 Å². The van der Waals surface area contributed by atoms with Gasteiger partial charge in [-0.3, -0.25) is 4.79 Å². The van der Waals surface area contributed by atoms with Gasteiger partial charge in [-0.1, -0.05) is 30.3 Å². The molecule has 104 valence electrons. The van der Waals surface area contributed by atoms with Crippen molar-refractivity contribution in [2.75, 3.05) is 19.8 Å². The van der Waals surface area contributed by atoms with Gasteiger partial charge in [0.1, 0.15) is 0 Å². The first-order chi connectivity index (χ1) is 9.25. The minimum absolute atomic E-state index is 0.0257. The number of hydrogen-bond donors (Lipinski definition) is 2. The Labute approximate surface area is 120 Å². The number of rotatable bonds is 8. The van der Waals surface area contributed by atoms with Crippen LogP contribution in [0, 0.1) is 5.92 Å². The fourth-order valence-corrected chi connectivity index (χ4v) is 2.13. The lowest BCUT2D eigenvalue weighted by Gasteiger charge is -2.11. The first-order valence-electron chi connectivity index (χ1n) is 6.83. The molecule has 0 saturated heterocycles. The average molecular weight is 279 g/mol. The van der Waals surface area contributed by atoms with E-state index in [0.29, 0.717) is 19.6 Å². The molecular weight excluding hydrogens is 258 g/mol. The van der Waals surface area contributed by atoms with Gasteiger partial charge in [-0.15, -0.1) is 0 Å². The molecule has 19 heavy (non-hydrogen) atoms. The molecule has 1 N–H and O–H groups in total. The van der Waals surface area contributed by atoms with Crippen LogP contribution in [0.5, 0.6) is 0 Å². The predicted molar refractivity (Wildman–Crippen MR) is 79.5 cm³/mol. The second-order valence-electron chi connectivity index (χ2n) is 5.01. The minimum atomic E-state index is -0.300. The molecule has 1 aromatic rings. The summed E-state index contributed by atoms with van der Waals surface area (Å²) in [5, 5.41) is 2.56. The molecule has 1 unspecified atom stereocenters. The summed E-state index contributed by atoms with van der Waals surface area (Å²) in [5.41, 5.74) is 1.13. The zero-order chi connectivity index (χ0) is 13.5. The lowest BCUT2D eigenvalue weighted by atomic mass is 10.1. The van der Waals surface area contributed by atoms with E-state index in [0.717, 1.165) is 18.1 Å². The van der Waals surface area contributed by atoms with Gasteiger partial charge >= 0.3 is 0 Å². The van der Waals surface area contributed by atoms with Gasteiger partial charge in [0.2, 0.25) is 5.91 Å². The van der Waals surface area contributed by atoms with E-state index in [2.05, 4.69) is 17.9 Å². The van der Waals surface area contributed by atoms with E-state index in [4.69, 9.17) is 4.74 Å². The number of hydrogen-bond acceptors (Lipinski definition) is 3. The van der Waals surface area contributed by atoms with Crippen LogP contribution in [0.1, 0.15) is 18.4 Å². The standard InChI is InChI=1S/C15H21NO2S/c17-15(16-8-9-18-11-13-6-7-13)14(19)10-12-4-2-1-3-5-12/h1-5,13-14,19H,6-11H2,(H,16,17). The maximum atomic E-state index is 11.8. The van der Waals surface area contributed by atoms with Crippen LogP contribution in [0.3, 0.4) is 0 Å². The van der Waals surface area contributed by atoms with Crippen molar-refractivity contribution in [1.82, 2.24) is 5.32 Å². The summed E-state index contributed by atoms with van der Waals surface area (Å²) in [6.07, 6.45) is 3.24. The van der Waals surface area contributed by atoms with Gasteiger partial charge in [-0.25, -0.2) is 0 Å². The second kappa shape index (κ2) is 7.56. The van der Waals surface area contributed by atoms with E-state index in [1.165, 1.54) is 12.8 Å². The highest BCUT2D eigenvalue weighted by molar-refractivity contribution is 7.81. The number of carbonyl (C=O) groups excluding carboxylic acids is 1. The van der Waals surface area contributed by atoms with Crippen molar-refractivity contribution < 1.29 is 9.53 Å². The second-order valence-corrected chi connectivity index (χ2v) is 5.64. The van der Waals surface area contributed by atoms with Gasteiger partial charge in [-0.05, 0) is 30.7 Å². The Bertz CT molecular complexity index is 392. The molecule has 0 aromatic heterocycles. The number of nitrogens with one attached hydrogen (secondary N) is 1. The predicted octanol–water partition coefficient (Wildman–Crippen LogP) is 2.07. The molecule has 0 radical (unpaired) electrons. The largest absolute Gasteiger partial charge is 0.379 e. The maximum Gasteiger partial charge on any atom is 0.233 e. The smallest absolute Gasteiger partial charge is 0.233 e. The van der Waals surface area contributed by atoms with Crippen LogP contribution < -0.4 is 5.32 Å². The Balaban J connectivity index is 1.58.